The van der Waals surface area contributed by atoms with Crippen molar-refractivity contribution in [3.63, 3.8) is 0 Å². The van der Waals surface area contributed by atoms with E-state index in [2.05, 4.69) is 17.3 Å². The molecule has 0 aliphatic carbocycles. The molecule has 2 unspecified atom stereocenters. The predicted molar refractivity (Wildman–Crippen MR) is 84.4 cm³/mol. The van der Waals surface area contributed by atoms with Crippen LogP contribution in [0, 0.1) is 0 Å². The Bertz CT molecular complexity index is 317. The molecule has 0 radical (unpaired) electrons. The Morgan fingerprint density at radius 1 is 1.52 bits per heavy atom. The van der Waals surface area contributed by atoms with Gasteiger partial charge in [-0.1, -0.05) is 0 Å². The first-order chi connectivity index (χ1) is 9.87. The van der Waals surface area contributed by atoms with Crippen LogP contribution in [0.25, 0.3) is 0 Å². The molecule has 0 spiro atoms. The van der Waals surface area contributed by atoms with Crippen LogP contribution in [0.5, 0.6) is 0 Å². The summed E-state index contributed by atoms with van der Waals surface area (Å²) < 4.78 is 10.6. The Hall–Kier alpha value is -0.650. The molecule has 1 saturated heterocycles. The molecule has 1 fully saturated rings. The van der Waals surface area contributed by atoms with Gasteiger partial charge in [-0.15, -0.1) is 0 Å². The van der Waals surface area contributed by atoms with Crippen molar-refractivity contribution in [1.29, 1.82) is 0 Å². The molecule has 1 aliphatic rings. The third-order valence-electron chi connectivity index (χ3n) is 4.00. The van der Waals surface area contributed by atoms with Crippen LogP contribution in [0.4, 0.5) is 0 Å². The van der Waals surface area contributed by atoms with Gasteiger partial charge in [0.15, 0.2) is 0 Å². The molecule has 1 rings (SSSR count). The number of nitrogens with zero attached hydrogens (tertiary/aromatic N) is 1. The lowest BCUT2D eigenvalue weighted by Crippen LogP contribution is -2.53. The molecule has 0 amide bonds. The molecule has 0 aromatic rings. The van der Waals surface area contributed by atoms with Crippen LogP contribution < -0.4 is 5.32 Å². The summed E-state index contributed by atoms with van der Waals surface area (Å²) in [5, 5.41) is 3.34. The summed E-state index contributed by atoms with van der Waals surface area (Å²) in [4.78, 5) is 14.3. The molecule has 0 aromatic heterocycles. The Kier molecular flexibility index (Phi) is 7.63. The second kappa shape index (κ2) is 8.71. The Labute approximate surface area is 129 Å². The number of rotatable bonds is 9. The van der Waals surface area contributed by atoms with Gasteiger partial charge < -0.3 is 14.4 Å². The van der Waals surface area contributed by atoms with Crippen molar-refractivity contribution in [2.45, 2.75) is 64.1 Å². The van der Waals surface area contributed by atoms with Crippen LogP contribution in [0.1, 0.15) is 46.5 Å². The number of esters is 1. The fourth-order valence-electron chi connectivity index (χ4n) is 3.03. The van der Waals surface area contributed by atoms with E-state index in [1.54, 1.807) is 0 Å². The van der Waals surface area contributed by atoms with Crippen LogP contribution in [0.3, 0.4) is 0 Å². The molecule has 1 aliphatic heterocycles. The molecule has 124 valence electrons. The maximum atomic E-state index is 12.0. The van der Waals surface area contributed by atoms with E-state index in [4.69, 9.17) is 9.47 Å². The third kappa shape index (κ3) is 6.32. The zero-order valence-corrected chi connectivity index (χ0v) is 14.3. The van der Waals surface area contributed by atoms with Gasteiger partial charge in [0, 0.05) is 19.2 Å². The lowest BCUT2D eigenvalue weighted by molar-refractivity contribution is -0.148. The van der Waals surface area contributed by atoms with E-state index >= 15 is 0 Å². The zero-order valence-electron chi connectivity index (χ0n) is 14.3. The summed E-state index contributed by atoms with van der Waals surface area (Å²) >= 11 is 0. The maximum absolute atomic E-state index is 12.0. The van der Waals surface area contributed by atoms with Crippen molar-refractivity contribution < 1.29 is 14.3 Å². The molecular weight excluding hydrogens is 268 g/mol. The van der Waals surface area contributed by atoms with Gasteiger partial charge in [-0.3, -0.25) is 10.1 Å². The van der Waals surface area contributed by atoms with Gasteiger partial charge in [-0.2, -0.15) is 0 Å². The summed E-state index contributed by atoms with van der Waals surface area (Å²) in [6.07, 6.45) is 4.45. The molecule has 1 heterocycles. The minimum atomic E-state index is -0.604. The van der Waals surface area contributed by atoms with Gasteiger partial charge in [0.05, 0.1) is 13.2 Å². The number of carbonyl (C=O) groups is 1. The van der Waals surface area contributed by atoms with Crippen LogP contribution in [-0.2, 0) is 14.3 Å². The van der Waals surface area contributed by atoms with Crippen molar-refractivity contribution in [3.05, 3.63) is 0 Å². The van der Waals surface area contributed by atoms with E-state index in [0.717, 1.165) is 32.5 Å². The zero-order chi connectivity index (χ0) is 15.9. The lowest BCUT2D eigenvalue weighted by atomic mass is 9.94. The molecule has 5 heteroatoms. The highest BCUT2D eigenvalue weighted by Crippen LogP contribution is 2.17. The summed E-state index contributed by atoms with van der Waals surface area (Å²) in [6.45, 7) is 8.87. The first kappa shape index (κ1) is 18.4. The van der Waals surface area contributed by atoms with Gasteiger partial charge in [0.1, 0.15) is 5.54 Å². The quantitative estimate of drug-likeness (QED) is 0.658. The van der Waals surface area contributed by atoms with Gasteiger partial charge in [-0.25, -0.2) is 0 Å². The highest BCUT2D eigenvalue weighted by atomic mass is 16.5. The summed E-state index contributed by atoms with van der Waals surface area (Å²) in [5.41, 5.74) is -0.604. The lowest BCUT2D eigenvalue weighted by Gasteiger charge is -2.31. The molecule has 0 bridgehead atoms. The molecule has 0 saturated carbocycles. The SMILES string of the molecule is COC(=O)C(C)(CCCN(C)CC1CCCO1)NC(C)C. The van der Waals surface area contributed by atoms with Crippen LogP contribution in [-0.4, -0.2) is 62.4 Å². The predicted octanol–water partition coefficient (Wildman–Crippen LogP) is 1.81. The van der Waals surface area contributed by atoms with E-state index in [1.807, 2.05) is 20.8 Å². The first-order valence-electron chi connectivity index (χ1n) is 8.03. The van der Waals surface area contributed by atoms with Crippen LogP contribution in [0.15, 0.2) is 0 Å². The molecule has 2 atom stereocenters. The van der Waals surface area contributed by atoms with E-state index in [9.17, 15) is 4.79 Å². The number of carbonyl (C=O) groups excluding carboxylic acids is 1. The normalized spacial score (nSPS) is 21.8. The first-order valence-corrected chi connectivity index (χ1v) is 8.03. The number of methoxy groups -OCH3 is 1. The monoisotopic (exact) mass is 300 g/mol. The van der Waals surface area contributed by atoms with E-state index in [1.165, 1.54) is 20.0 Å². The highest BCUT2D eigenvalue weighted by molar-refractivity contribution is 5.80. The topological polar surface area (TPSA) is 50.8 Å². The number of likely N-dealkylation sites (N-methyl/N-ethyl adjacent to an activating group) is 1. The largest absolute Gasteiger partial charge is 0.468 e. The van der Waals surface area contributed by atoms with E-state index in [0.29, 0.717) is 6.10 Å². The summed E-state index contributed by atoms with van der Waals surface area (Å²) in [7, 11) is 3.57. The standard InChI is InChI=1S/C16H32N2O3/c1-13(2)17-16(3,15(19)20-5)9-7-10-18(4)12-14-8-6-11-21-14/h13-14,17H,6-12H2,1-5H3. The Balaban J connectivity index is 2.36. The van der Waals surface area contributed by atoms with Gasteiger partial charge in [-0.05, 0) is 60.0 Å². The molecule has 21 heavy (non-hydrogen) atoms. The average molecular weight is 300 g/mol. The fraction of sp³-hybridized carbons (Fsp3) is 0.938. The smallest absolute Gasteiger partial charge is 0.325 e. The van der Waals surface area contributed by atoms with Crippen molar-refractivity contribution in [2.75, 3.05) is 33.9 Å². The second-order valence-electron chi connectivity index (χ2n) is 6.62. The Morgan fingerprint density at radius 2 is 2.24 bits per heavy atom. The fourth-order valence-corrected chi connectivity index (χ4v) is 3.03. The van der Waals surface area contributed by atoms with Crippen molar-refractivity contribution in [2.24, 2.45) is 0 Å². The third-order valence-corrected chi connectivity index (χ3v) is 4.00. The maximum Gasteiger partial charge on any atom is 0.325 e. The molecular formula is C16H32N2O3. The molecule has 5 nitrogen and oxygen atoms in total. The van der Waals surface area contributed by atoms with Gasteiger partial charge in [0.25, 0.3) is 0 Å². The number of hydrogen-bond donors (Lipinski definition) is 1. The summed E-state index contributed by atoms with van der Waals surface area (Å²) in [5.74, 6) is -0.182. The van der Waals surface area contributed by atoms with Crippen molar-refractivity contribution in [1.82, 2.24) is 10.2 Å². The Morgan fingerprint density at radius 3 is 2.76 bits per heavy atom. The number of nitrogens with one attached hydrogen (secondary N) is 1. The van der Waals surface area contributed by atoms with Crippen molar-refractivity contribution in [3.8, 4) is 0 Å². The second-order valence-corrected chi connectivity index (χ2v) is 6.62. The van der Waals surface area contributed by atoms with Crippen LogP contribution >= 0.6 is 0 Å². The molecule has 0 aromatic carbocycles. The highest BCUT2D eigenvalue weighted by Gasteiger charge is 2.34. The van der Waals surface area contributed by atoms with Crippen molar-refractivity contribution >= 4 is 5.97 Å². The van der Waals surface area contributed by atoms with Gasteiger partial charge >= 0.3 is 5.97 Å². The van der Waals surface area contributed by atoms with E-state index in [-0.39, 0.29) is 12.0 Å². The minimum Gasteiger partial charge on any atom is -0.468 e. The van der Waals surface area contributed by atoms with Gasteiger partial charge in [0.2, 0.25) is 0 Å². The molecule has 1 N–H and O–H groups in total. The van der Waals surface area contributed by atoms with Crippen LogP contribution in [0.2, 0.25) is 0 Å². The number of hydrogen-bond acceptors (Lipinski definition) is 5. The summed E-state index contributed by atoms with van der Waals surface area (Å²) in [6, 6.07) is 0.249. The van der Waals surface area contributed by atoms with E-state index < -0.39 is 5.54 Å². The average Bonchev–Trinajstić information content (AvgIpc) is 2.89. The minimum absolute atomic E-state index is 0.182. The number of ether oxygens (including phenoxy) is 2.